The Kier molecular flexibility index (Phi) is 5.06. The molecule has 100 valence electrons. The molecule has 0 fully saturated rings. The van der Waals surface area contributed by atoms with E-state index in [1.54, 1.807) is 6.92 Å². The molecule has 0 aliphatic rings. The van der Waals surface area contributed by atoms with Gasteiger partial charge in [0, 0.05) is 5.56 Å². The van der Waals surface area contributed by atoms with E-state index in [1.165, 1.54) is 12.1 Å². The van der Waals surface area contributed by atoms with Crippen LogP contribution in [0.5, 0.6) is 0 Å². The first-order valence-corrected chi connectivity index (χ1v) is 5.53. The first-order valence-electron chi connectivity index (χ1n) is 5.53. The van der Waals surface area contributed by atoms with E-state index in [0.717, 1.165) is 6.07 Å². The number of benzene rings is 1. The predicted molar refractivity (Wildman–Crippen MR) is 63.0 cm³/mol. The normalized spacial score (nSPS) is 14.0. The molecule has 0 aliphatic heterocycles. The van der Waals surface area contributed by atoms with Gasteiger partial charge in [-0.3, -0.25) is 4.79 Å². The van der Waals surface area contributed by atoms with Crippen molar-refractivity contribution in [1.82, 2.24) is 0 Å². The molecule has 1 aromatic rings. The third-order valence-corrected chi connectivity index (χ3v) is 2.45. The molecule has 0 amide bonds. The van der Waals surface area contributed by atoms with Crippen LogP contribution in [0.25, 0.3) is 0 Å². The quantitative estimate of drug-likeness (QED) is 0.535. The molecule has 4 N–H and O–H groups in total. The van der Waals surface area contributed by atoms with Crippen molar-refractivity contribution in [3.8, 4) is 0 Å². The number of rotatable bonds is 5. The number of carbonyl (C=O) groups is 1. The summed E-state index contributed by atoms with van der Waals surface area (Å²) in [6, 6.07) is 3.89. The topological polar surface area (TPSA) is 92.8 Å². The summed E-state index contributed by atoms with van der Waals surface area (Å²) < 4.78 is 17.8. The predicted octanol–water partition coefficient (Wildman–Crippen LogP) is 0.755. The highest BCUT2D eigenvalue weighted by atomic mass is 19.1. The van der Waals surface area contributed by atoms with Gasteiger partial charge < -0.3 is 20.7 Å². The van der Waals surface area contributed by atoms with Gasteiger partial charge in [0.25, 0.3) is 0 Å². The fourth-order valence-corrected chi connectivity index (χ4v) is 1.52. The van der Waals surface area contributed by atoms with E-state index in [9.17, 15) is 19.4 Å². The Bertz CT molecular complexity index is 425. The number of hydrogen-bond donors (Lipinski definition) is 3. The van der Waals surface area contributed by atoms with Crippen LogP contribution in [0.1, 0.15) is 25.0 Å². The van der Waals surface area contributed by atoms with Crippen LogP contribution in [0, 0.1) is 5.82 Å². The molecule has 0 saturated heterocycles. The maximum atomic E-state index is 13.2. The average molecular weight is 257 g/mol. The molecule has 5 nitrogen and oxygen atoms in total. The summed E-state index contributed by atoms with van der Waals surface area (Å²) in [6.45, 7) is 1.81. The lowest BCUT2D eigenvalue weighted by atomic mass is 10.0. The number of anilines is 1. The zero-order chi connectivity index (χ0) is 13.7. The van der Waals surface area contributed by atoms with Crippen molar-refractivity contribution in [1.29, 1.82) is 0 Å². The Morgan fingerprint density at radius 1 is 1.50 bits per heavy atom. The van der Waals surface area contributed by atoms with Gasteiger partial charge in [-0.15, -0.1) is 0 Å². The van der Waals surface area contributed by atoms with Gasteiger partial charge in [-0.2, -0.15) is 0 Å². The molecule has 1 rings (SSSR count). The molecule has 0 bridgehead atoms. The number of esters is 1. The Balaban J connectivity index is 2.77. The van der Waals surface area contributed by atoms with E-state index in [0.29, 0.717) is 0 Å². The molecular formula is C12H16FNO4. The van der Waals surface area contributed by atoms with Gasteiger partial charge in [0.15, 0.2) is 0 Å². The van der Waals surface area contributed by atoms with Crippen molar-refractivity contribution in [2.24, 2.45) is 0 Å². The van der Waals surface area contributed by atoms with E-state index >= 15 is 0 Å². The molecule has 0 aromatic heterocycles. The summed E-state index contributed by atoms with van der Waals surface area (Å²) in [4.78, 5) is 11.1. The summed E-state index contributed by atoms with van der Waals surface area (Å²) in [5, 5.41) is 19.5. The molecule has 1 aromatic carbocycles. The number of carbonyl (C=O) groups excluding carboxylic acids is 1. The maximum Gasteiger partial charge on any atom is 0.308 e. The zero-order valence-electron chi connectivity index (χ0n) is 9.97. The van der Waals surface area contributed by atoms with Crippen LogP contribution in [0.3, 0.4) is 0 Å². The van der Waals surface area contributed by atoms with Crippen molar-refractivity contribution < 1.29 is 24.1 Å². The van der Waals surface area contributed by atoms with E-state index in [1.807, 2.05) is 0 Å². The van der Waals surface area contributed by atoms with Crippen LogP contribution in [-0.4, -0.2) is 28.9 Å². The summed E-state index contributed by atoms with van der Waals surface area (Å²) in [7, 11) is 0. The summed E-state index contributed by atoms with van der Waals surface area (Å²) in [5.41, 5.74) is 5.25. The second kappa shape index (κ2) is 6.32. The van der Waals surface area contributed by atoms with Gasteiger partial charge in [0.05, 0.1) is 24.8 Å². The SMILES string of the molecule is CCOC(=O)CC(O)C(O)c1cccc(F)c1N. The number of ether oxygens (including phenoxy) is 1. The maximum absolute atomic E-state index is 13.2. The molecule has 0 spiro atoms. The fraction of sp³-hybridized carbons (Fsp3) is 0.417. The molecule has 2 atom stereocenters. The van der Waals surface area contributed by atoms with E-state index < -0.39 is 24.0 Å². The van der Waals surface area contributed by atoms with Gasteiger partial charge >= 0.3 is 5.97 Å². The largest absolute Gasteiger partial charge is 0.466 e. The molecule has 0 aliphatic carbocycles. The molecule has 18 heavy (non-hydrogen) atoms. The van der Waals surface area contributed by atoms with Crippen LogP contribution in [0.4, 0.5) is 10.1 Å². The second-order valence-corrected chi connectivity index (χ2v) is 3.76. The molecule has 2 unspecified atom stereocenters. The van der Waals surface area contributed by atoms with Crippen molar-refractivity contribution in [3.05, 3.63) is 29.6 Å². The Hall–Kier alpha value is -1.66. The minimum atomic E-state index is -1.44. The Morgan fingerprint density at radius 2 is 2.17 bits per heavy atom. The zero-order valence-corrected chi connectivity index (χ0v) is 9.97. The minimum absolute atomic E-state index is 0.0480. The number of hydrogen-bond acceptors (Lipinski definition) is 5. The summed E-state index contributed by atoms with van der Waals surface area (Å²) >= 11 is 0. The molecule has 6 heteroatoms. The monoisotopic (exact) mass is 257 g/mol. The van der Waals surface area contributed by atoms with E-state index in [4.69, 9.17) is 5.73 Å². The fourth-order valence-electron chi connectivity index (χ4n) is 1.52. The lowest BCUT2D eigenvalue weighted by Crippen LogP contribution is -2.24. The summed E-state index contributed by atoms with van der Waals surface area (Å²) in [6.07, 6.45) is -3.22. The summed E-state index contributed by atoms with van der Waals surface area (Å²) in [5.74, 6) is -1.33. The van der Waals surface area contributed by atoms with E-state index in [-0.39, 0.29) is 24.3 Å². The van der Waals surface area contributed by atoms with Crippen molar-refractivity contribution in [2.45, 2.75) is 25.6 Å². The average Bonchev–Trinajstić information content (AvgIpc) is 2.32. The Morgan fingerprint density at radius 3 is 2.78 bits per heavy atom. The number of para-hydroxylation sites is 1. The van der Waals surface area contributed by atoms with Crippen LogP contribution < -0.4 is 5.73 Å². The lowest BCUT2D eigenvalue weighted by molar-refractivity contribution is -0.147. The third kappa shape index (κ3) is 3.41. The highest BCUT2D eigenvalue weighted by Gasteiger charge is 2.24. The smallest absolute Gasteiger partial charge is 0.308 e. The van der Waals surface area contributed by atoms with Crippen molar-refractivity contribution >= 4 is 11.7 Å². The van der Waals surface area contributed by atoms with Gasteiger partial charge in [-0.25, -0.2) is 4.39 Å². The first-order chi connectivity index (χ1) is 8.47. The Labute approximate surface area is 104 Å². The lowest BCUT2D eigenvalue weighted by Gasteiger charge is -2.19. The highest BCUT2D eigenvalue weighted by molar-refractivity contribution is 5.70. The second-order valence-electron chi connectivity index (χ2n) is 3.76. The van der Waals surface area contributed by atoms with Crippen molar-refractivity contribution in [3.63, 3.8) is 0 Å². The molecule has 0 heterocycles. The number of nitrogens with two attached hydrogens (primary N) is 1. The van der Waals surface area contributed by atoms with Crippen LogP contribution in [0.15, 0.2) is 18.2 Å². The third-order valence-electron chi connectivity index (χ3n) is 2.45. The highest BCUT2D eigenvalue weighted by Crippen LogP contribution is 2.26. The van der Waals surface area contributed by atoms with Gasteiger partial charge in [-0.1, -0.05) is 12.1 Å². The van der Waals surface area contributed by atoms with Crippen LogP contribution in [0.2, 0.25) is 0 Å². The van der Waals surface area contributed by atoms with Gasteiger partial charge in [0.2, 0.25) is 0 Å². The number of nitrogen functional groups attached to an aromatic ring is 1. The molecule has 0 radical (unpaired) electrons. The van der Waals surface area contributed by atoms with Gasteiger partial charge in [0.1, 0.15) is 11.9 Å². The minimum Gasteiger partial charge on any atom is -0.466 e. The number of halogens is 1. The number of aliphatic hydroxyl groups is 2. The molecule has 0 saturated carbocycles. The van der Waals surface area contributed by atoms with Crippen molar-refractivity contribution in [2.75, 3.05) is 12.3 Å². The number of aliphatic hydroxyl groups excluding tert-OH is 2. The molecular weight excluding hydrogens is 241 g/mol. The van der Waals surface area contributed by atoms with E-state index in [2.05, 4.69) is 4.74 Å². The first kappa shape index (κ1) is 14.4. The van der Waals surface area contributed by atoms with Crippen LogP contribution in [-0.2, 0) is 9.53 Å². The van der Waals surface area contributed by atoms with Gasteiger partial charge in [-0.05, 0) is 13.0 Å². The standard InChI is InChI=1S/C12H16FNO4/c1-2-18-10(16)6-9(15)12(17)7-4-3-5-8(13)11(7)14/h3-5,9,12,15,17H,2,6,14H2,1H3. The van der Waals surface area contributed by atoms with Crippen LogP contribution >= 0.6 is 0 Å².